The van der Waals surface area contributed by atoms with Gasteiger partial charge < -0.3 is 4.90 Å². The smallest absolute Gasteiger partial charge is 0.335 e. The molecule has 0 bridgehead atoms. The van der Waals surface area contributed by atoms with Gasteiger partial charge in [-0.25, -0.2) is 19.7 Å². The van der Waals surface area contributed by atoms with E-state index in [-0.39, 0.29) is 5.57 Å². The number of hydrogen-bond donors (Lipinski definition) is 1. The molecule has 8 nitrogen and oxygen atoms in total. The molecule has 0 atom stereocenters. The summed E-state index contributed by atoms with van der Waals surface area (Å²) in [4.78, 5) is 48.4. The number of carbonyl (C=O) groups excluding carboxylic acids is 3. The molecule has 0 unspecified atom stereocenters. The van der Waals surface area contributed by atoms with Crippen molar-refractivity contribution in [1.29, 1.82) is 0 Å². The van der Waals surface area contributed by atoms with E-state index in [1.807, 2.05) is 12.1 Å². The van der Waals surface area contributed by atoms with Crippen LogP contribution in [-0.4, -0.2) is 41.9 Å². The van der Waals surface area contributed by atoms with Crippen LogP contribution in [0.1, 0.15) is 30.9 Å². The van der Waals surface area contributed by atoms with E-state index >= 15 is 0 Å². The van der Waals surface area contributed by atoms with Crippen molar-refractivity contribution in [2.45, 2.75) is 19.8 Å². The monoisotopic (exact) mass is 379 g/mol. The van der Waals surface area contributed by atoms with Crippen LogP contribution >= 0.6 is 0 Å². The summed E-state index contributed by atoms with van der Waals surface area (Å²) in [6, 6.07) is 6.32. The van der Waals surface area contributed by atoms with Gasteiger partial charge in [-0.15, -0.1) is 0 Å². The first kappa shape index (κ1) is 19.2. The maximum atomic E-state index is 12.9. The molecule has 4 amide bonds. The van der Waals surface area contributed by atoms with Gasteiger partial charge in [-0.2, -0.15) is 0 Å². The highest BCUT2D eigenvalue weighted by atomic mass is 16.2. The maximum Gasteiger partial charge on any atom is 0.335 e. The summed E-state index contributed by atoms with van der Waals surface area (Å²) in [6.45, 7) is 4.10. The van der Waals surface area contributed by atoms with E-state index in [0.29, 0.717) is 23.1 Å². The van der Waals surface area contributed by atoms with E-state index in [1.165, 1.54) is 18.5 Å². The van der Waals surface area contributed by atoms with Gasteiger partial charge >= 0.3 is 6.03 Å². The number of aromatic nitrogens is 2. The van der Waals surface area contributed by atoms with Crippen LogP contribution in [0.2, 0.25) is 0 Å². The lowest BCUT2D eigenvalue weighted by molar-refractivity contribution is -0.122. The van der Waals surface area contributed by atoms with Gasteiger partial charge in [0.2, 0.25) is 5.95 Å². The highest BCUT2D eigenvalue weighted by molar-refractivity contribution is 6.39. The first-order valence-corrected chi connectivity index (χ1v) is 8.78. The summed E-state index contributed by atoms with van der Waals surface area (Å²) < 4.78 is 0. The van der Waals surface area contributed by atoms with Gasteiger partial charge in [-0.05, 0) is 29.7 Å². The molecule has 1 aliphatic heterocycles. The molecule has 0 spiro atoms. The van der Waals surface area contributed by atoms with Gasteiger partial charge in [-0.3, -0.25) is 14.9 Å². The van der Waals surface area contributed by atoms with E-state index in [0.717, 1.165) is 10.5 Å². The van der Waals surface area contributed by atoms with E-state index < -0.39 is 17.8 Å². The van der Waals surface area contributed by atoms with Gasteiger partial charge in [0.25, 0.3) is 11.8 Å². The number of benzene rings is 1. The molecule has 1 aromatic heterocycles. The van der Waals surface area contributed by atoms with Gasteiger partial charge in [0, 0.05) is 32.1 Å². The first-order valence-electron chi connectivity index (χ1n) is 8.78. The quantitative estimate of drug-likeness (QED) is 0.647. The Kier molecular flexibility index (Phi) is 5.21. The van der Waals surface area contributed by atoms with Crippen LogP contribution in [0.3, 0.4) is 0 Å². The molecular weight excluding hydrogens is 358 g/mol. The van der Waals surface area contributed by atoms with Gasteiger partial charge in [0.1, 0.15) is 5.57 Å². The lowest BCUT2D eigenvalue weighted by Gasteiger charge is -2.26. The summed E-state index contributed by atoms with van der Waals surface area (Å²) in [5, 5.41) is 2.21. The van der Waals surface area contributed by atoms with E-state index in [4.69, 9.17) is 0 Å². The number of carbonyl (C=O) groups is 3. The van der Waals surface area contributed by atoms with E-state index in [9.17, 15) is 14.4 Å². The summed E-state index contributed by atoms with van der Waals surface area (Å²) in [7, 11) is 3.61. The van der Waals surface area contributed by atoms with Crippen LogP contribution in [-0.2, 0) is 9.59 Å². The predicted octanol–water partition coefficient (Wildman–Crippen LogP) is 2.33. The number of barbiturate groups is 1. The summed E-state index contributed by atoms with van der Waals surface area (Å²) in [6.07, 6.45) is 4.39. The minimum Gasteiger partial charge on any atom is -0.347 e. The maximum absolute atomic E-state index is 12.9. The van der Waals surface area contributed by atoms with Crippen molar-refractivity contribution in [1.82, 2.24) is 15.3 Å². The minimum atomic E-state index is -0.774. The Hall–Kier alpha value is -3.55. The molecule has 2 aromatic rings. The Morgan fingerprint density at radius 1 is 1.04 bits per heavy atom. The normalized spacial score (nSPS) is 16.0. The third kappa shape index (κ3) is 3.75. The number of anilines is 2. The van der Waals surface area contributed by atoms with Crippen molar-refractivity contribution in [2.75, 3.05) is 23.9 Å². The zero-order valence-electron chi connectivity index (χ0n) is 16.1. The van der Waals surface area contributed by atoms with Crippen molar-refractivity contribution in [2.24, 2.45) is 0 Å². The largest absolute Gasteiger partial charge is 0.347 e. The Bertz CT molecular complexity index is 947. The highest BCUT2D eigenvalue weighted by Crippen LogP contribution is 2.24. The number of nitrogens with one attached hydrogen (secondary N) is 1. The second-order valence-electron chi connectivity index (χ2n) is 6.91. The van der Waals surface area contributed by atoms with Crippen molar-refractivity contribution in [3.05, 3.63) is 53.4 Å². The van der Waals surface area contributed by atoms with E-state index in [2.05, 4.69) is 29.1 Å². The van der Waals surface area contributed by atoms with Crippen LogP contribution in [0.5, 0.6) is 0 Å². The molecule has 1 aliphatic rings. The number of rotatable bonds is 4. The second kappa shape index (κ2) is 7.59. The summed E-state index contributed by atoms with van der Waals surface area (Å²) in [5.41, 5.74) is 1.80. The van der Waals surface area contributed by atoms with Crippen LogP contribution in [0, 0.1) is 0 Å². The average Bonchev–Trinajstić information content (AvgIpc) is 2.65. The fourth-order valence-corrected chi connectivity index (χ4v) is 2.70. The highest BCUT2D eigenvalue weighted by Gasteiger charge is 2.36. The zero-order chi connectivity index (χ0) is 20.4. The molecule has 0 aliphatic carbocycles. The predicted molar refractivity (Wildman–Crippen MR) is 106 cm³/mol. The van der Waals surface area contributed by atoms with Crippen LogP contribution in [0.15, 0.2) is 42.2 Å². The third-order valence-electron chi connectivity index (χ3n) is 4.29. The number of amides is 4. The molecule has 28 heavy (non-hydrogen) atoms. The molecule has 1 fully saturated rings. The SMILES string of the molecule is CC(C)c1ccc(N2C(=O)NC(=O)C(=Cc3cnc(N(C)C)nc3)C2=O)cc1. The topological polar surface area (TPSA) is 95.5 Å². The Morgan fingerprint density at radius 2 is 1.64 bits per heavy atom. The molecule has 2 heterocycles. The fourth-order valence-electron chi connectivity index (χ4n) is 2.70. The number of imide groups is 2. The molecular formula is C20H21N5O3. The molecule has 1 saturated heterocycles. The summed E-state index contributed by atoms with van der Waals surface area (Å²) >= 11 is 0. The zero-order valence-corrected chi connectivity index (χ0v) is 16.1. The number of urea groups is 1. The number of hydrogen-bond acceptors (Lipinski definition) is 6. The molecule has 144 valence electrons. The summed E-state index contributed by atoms with van der Waals surface area (Å²) in [5.74, 6) is -0.616. The lowest BCUT2D eigenvalue weighted by Crippen LogP contribution is -2.54. The minimum absolute atomic E-state index is 0.159. The van der Waals surface area contributed by atoms with Gasteiger partial charge in [0.05, 0.1) is 5.69 Å². The van der Waals surface area contributed by atoms with E-state index in [1.54, 1.807) is 31.1 Å². The van der Waals surface area contributed by atoms with Crippen LogP contribution < -0.4 is 15.1 Å². The van der Waals surface area contributed by atoms with Gasteiger partial charge in [0.15, 0.2) is 0 Å². The molecule has 8 heteroatoms. The number of nitrogens with zero attached hydrogens (tertiary/aromatic N) is 4. The van der Waals surface area contributed by atoms with Gasteiger partial charge in [-0.1, -0.05) is 26.0 Å². The third-order valence-corrected chi connectivity index (χ3v) is 4.29. The Morgan fingerprint density at radius 3 is 2.18 bits per heavy atom. The van der Waals surface area contributed by atoms with Crippen LogP contribution in [0.25, 0.3) is 6.08 Å². The molecule has 0 radical (unpaired) electrons. The molecule has 1 N–H and O–H groups in total. The van der Waals surface area contributed by atoms with Crippen LogP contribution in [0.4, 0.5) is 16.4 Å². The van der Waals surface area contributed by atoms with Crippen molar-refractivity contribution in [3.8, 4) is 0 Å². The Labute approximate surface area is 162 Å². The standard InChI is InChI=1S/C20H21N5O3/c1-12(2)14-5-7-15(8-6-14)25-18(27)16(17(26)23-20(25)28)9-13-10-21-19(22-11-13)24(3)4/h5-12H,1-4H3,(H,23,26,28). The Balaban J connectivity index is 1.93. The van der Waals surface area contributed by atoms with Crippen molar-refractivity contribution in [3.63, 3.8) is 0 Å². The second-order valence-corrected chi connectivity index (χ2v) is 6.91. The molecule has 0 saturated carbocycles. The molecule has 3 rings (SSSR count). The average molecular weight is 379 g/mol. The first-order chi connectivity index (χ1) is 13.3. The van der Waals surface area contributed by atoms with Crippen molar-refractivity contribution < 1.29 is 14.4 Å². The fraction of sp³-hybridized carbons (Fsp3) is 0.250. The van der Waals surface area contributed by atoms with Crippen molar-refractivity contribution >= 4 is 35.6 Å². The lowest BCUT2D eigenvalue weighted by atomic mass is 10.0. The molecule has 1 aromatic carbocycles.